The van der Waals surface area contributed by atoms with Gasteiger partial charge in [-0.15, -0.1) is 0 Å². The number of hydrogen-bond acceptors (Lipinski definition) is 2. The van der Waals surface area contributed by atoms with E-state index in [9.17, 15) is 4.79 Å². The lowest BCUT2D eigenvalue weighted by atomic mass is 10.0. The predicted molar refractivity (Wildman–Crippen MR) is 130 cm³/mol. The summed E-state index contributed by atoms with van der Waals surface area (Å²) in [5.41, 5.74) is 2.71. The summed E-state index contributed by atoms with van der Waals surface area (Å²) in [5.74, 6) is -0.297. The Morgan fingerprint density at radius 3 is 2.37 bits per heavy atom. The molecule has 0 aromatic heterocycles. The topological polar surface area (TPSA) is 53.2 Å². The molecule has 0 heterocycles. The molecular weight excluding hydrogens is 461 g/mol. The minimum atomic E-state index is -1.81. The number of carbonyl (C=O) groups excluding carboxylic acids is 1. The van der Waals surface area contributed by atoms with Crippen LogP contribution in [0.5, 0.6) is 0 Å². The molecule has 1 unspecified atom stereocenters. The van der Waals surface area contributed by atoms with E-state index in [1.165, 1.54) is 0 Å². The van der Waals surface area contributed by atoms with Gasteiger partial charge in [0.2, 0.25) is 9.70 Å². The molecule has 3 N–H and O–H groups in total. The second-order valence-corrected chi connectivity index (χ2v) is 9.55. The van der Waals surface area contributed by atoms with E-state index in [-0.39, 0.29) is 17.4 Å². The van der Waals surface area contributed by atoms with Crippen LogP contribution in [-0.2, 0) is 11.2 Å². The number of amides is 1. The van der Waals surface area contributed by atoms with Crippen molar-refractivity contribution in [1.29, 1.82) is 0 Å². The summed E-state index contributed by atoms with van der Waals surface area (Å²) in [6.45, 7) is 1.95. The van der Waals surface area contributed by atoms with Crippen LogP contribution < -0.4 is 16.0 Å². The first-order valence-electron chi connectivity index (χ1n) is 9.20. The molecule has 0 saturated carbocycles. The standard InChI is InChI=1S/C22H20Cl3N3OS/c1-14-7-2-5-12-18(14)26-21(30)28-20(22(23,24)25)27-19(29)13-16-10-6-9-15-8-3-4-11-17(15)16/h2-12,20H,13H2,1H3,(H,27,29)(H2,26,28,30). The Balaban J connectivity index is 1.69. The van der Waals surface area contributed by atoms with Crippen LogP contribution in [-0.4, -0.2) is 21.0 Å². The Kier molecular flexibility index (Phi) is 7.42. The summed E-state index contributed by atoms with van der Waals surface area (Å²) < 4.78 is -1.81. The molecule has 0 saturated heterocycles. The molecule has 1 amide bonds. The number of para-hydroxylation sites is 1. The number of thiocarbonyl (C=S) groups is 1. The number of anilines is 1. The highest BCUT2D eigenvalue weighted by atomic mass is 35.6. The van der Waals surface area contributed by atoms with Gasteiger partial charge in [0.05, 0.1) is 6.42 Å². The molecule has 0 aliphatic carbocycles. The Bertz CT molecular complexity index is 1060. The van der Waals surface area contributed by atoms with E-state index in [4.69, 9.17) is 47.0 Å². The van der Waals surface area contributed by atoms with E-state index < -0.39 is 9.96 Å². The van der Waals surface area contributed by atoms with Crippen molar-refractivity contribution >= 4 is 74.5 Å². The van der Waals surface area contributed by atoms with Crippen molar-refractivity contribution in [3.8, 4) is 0 Å². The normalized spacial score (nSPS) is 12.3. The molecule has 8 heteroatoms. The lowest BCUT2D eigenvalue weighted by Gasteiger charge is -2.28. The van der Waals surface area contributed by atoms with E-state index in [1.807, 2.05) is 73.7 Å². The zero-order chi connectivity index (χ0) is 21.7. The highest BCUT2D eigenvalue weighted by Crippen LogP contribution is 2.29. The summed E-state index contributed by atoms with van der Waals surface area (Å²) >= 11 is 23.6. The molecule has 30 heavy (non-hydrogen) atoms. The number of halogens is 3. The number of aryl methyl sites for hydroxylation is 1. The van der Waals surface area contributed by atoms with E-state index in [0.29, 0.717) is 0 Å². The summed E-state index contributed by atoms with van der Waals surface area (Å²) in [4.78, 5) is 12.7. The molecule has 0 aliphatic rings. The van der Waals surface area contributed by atoms with Gasteiger partial charge < -0.3 is 16.0 Å². The fourth-order valence-electron chi connectivity index (χ4n) is 3.03. The molecule has 1 atom stereocenters. The van der Waals surface area contributed by atoms with E-state index in [2.05, 4.69) is 16.0 Å². The molecule has 3 rings (SSSR count). The number of hydrogen-bond donors (Lipinski definition) is 3. The first-order valence-corrected chi connectivity index (χ1v) is 10.7. The summed E-state index contributed by atoms with van der Waals surface area (Å²) in [6, 6.07) is 21.3. The Hall–Kier alpha value is -2.05. The Morgan fingerprint density at radius 2 is 1.63 bits per heavy atom. The second kappa shape index (κ2) is 9.84. The Morgan fingerprint density at radius 1 is 0.967 bits per heavy atom. The number of alkyl halides is 3. The van der Waals surface area contributed by atoms with Crippen LogP contribution in [0.1, 0.15) is 11.1 Å². The summed E-state index contributed by atoms with van der Waals surface area (Å²) in [5, 5.41) is 11.0. The molecule has 4 nitrogen and oxygen atoms in total. The van der Waals surface area contributed by atoms with E-state index in [0.717, 1.165) is 27.6 Å². The molecule has 156 valence electrons. The minimum absolute atomic E-state index is 0.137. The van der Waals surface area contributed by atoms with Crippen molar-refractivity contribution in [3.63, 3.8) is 0 Å². The van der Waals surface area contributed by atoms with Gasteiger partial charge >= 0.3 is 0 Å². The van der Waals surface area contributed by atoms with Gasteiger partial charge in [-0.3, -0.25) is 4.79 Å². The number of fused-ring (bicyclic) bond motifs is 1. The average Bonchev–Trinajstić information content (AvgIpc) is 2.69. The van der Waals surface area contributed by atoms with Crippen molar-refractivity contribution in [2.24, 2.45) is 0 Å². The van der Waals surface area contributed by atoms with Crippen molar-refractivity contribution in [2.75, 3.05) is 5.32 Å². The third-order valence-electron chi connectivity index (χ3n) is 4.53. The van der Waals surface area contributed by atoms with Gasteiger partial charge in [-0.25, -0.2) is 0 Å². The van der Waals surface area contributed by atoms with Gasteiger partial charge in [0, 0.05) is 5.69 Å². The highest BCUT2D eigenvalue weighted by Gasteiger charge is 2.34. The van der Waals surface area contributed by atoms with Crippen LogP contribution >= 0.6 is 47.0 Å². The summed E-state index contributed by atoms with van der Waals surface area (Å²) in [6.07, 6.45) is -0.882. The average molecular weight is 481 g/mol. The van der Waals surface area contributed by atoms with Gasteiger partial charge in [0.15, 0.2) is 5.11 Å². The molecule has 0 radical (unpaired) electrons. The van der Waals surface area contributed by atoms with Crippen LogP contribution in [0.25, 0.3) is 10.8 Å². The van der Waals surface area contributed by atoms with Crippen molar-refractivity contribution in [2.45, 2.75) is 23.3 Å². The summed E-state index contributed by atoms with van der Waals surface area (Å²) in [7, 11) is 0. The molecule has 0 spiro atoms. The number of nitrogens with one attached hydrogen (secondary N) is 3. The molecule has 3 aromatic rings. The zero-order valence-electron chi connectivity index (χ0n) is 16.1. The molecule has 0 fully saturated rings. The number of rotatable bonds is 5. The smallest absolute Gasteiger partial charge is 0.228 e. The third kappa shape index (κ3) is 5.99. The van der Waals surface area contributed by atoms with Crippen LogP contribution in [0.2, 0.25) is 0 Å². The van der Waals surface area contributed by atoms with E-state index >= 15 is 0 Å². The van der Waals surface area contributed by atoms with Crippen molar-refractivity contribution in [1.82, 2.24) is 10.6 Å². The number of benzene rings is 3. The lowest BCUT2D eigenvalue weighted by molar-refractivity contribution is -0.121. The first kappa shape index (κ1) is 22.6. The number of carbonyl (C=O) groups is 1. The fraction of sp³-hybridized carbons (Fsp3) is 0.182. The van der Waals surface area contributed by atoms with Gasteiger partial charge in [-0.05, 0) is 47.1 Å². The highest BCUT2D eigenvalue weighted by molar-refractivity contribution is 7.80. The van der Waals surface area contributed by atoms with Crippen LogP contribution in [0.4, 0.5) is 5.69 Å². The van der Waals surface area contributed by atoms with Gasteiger partial charge in [-0.1, -0.05) is 95.5 Å². The quantitative estimate of drug-likeness (QED) is 0.257. The second-order valence-electron chi connectivity index (χ2n) is 6.77. The molecule has 0 bridgehead atoms. The molecule has 3 aromatic carbocycles. The SMILES string of the molecule is Cc1ccccc1NC(=S)NC(NC(=O)Cc1cccc2ccccc12)C(Cl)(Cl)Cl. The van der Waals surface area contributed by atoms with E-state index in [1.54, 1.807) is 0 Å². The largest absolute Gasteiger partial charge is 0.339 e. The molecular formula is C22H20Cl3N3OS. The maximum atomic E-state index is 12.7. The predicted octanol–water partition coefficient (Wildman–Crippen LogP) is 5.49. The molecule has 0 aliphatic heterocycles. The minimum Gasteiger partial charge on any atom is -0.339 e. The fourth-order valence-corrected chi connectivity index (χ4v) is 3.59. The first-order chi connectivity index (χ1) is 14.2. The zero-order valence-corrected chi connectivity index (χ0v) is 19.2. The Labute approximate surface area is 195 Å². The van der Waals surface area contributed by atoms with Crippen molar-refractivity contribution in [3.05, 3.63) is 77.9 Å². The van der Waals surface area contributed by atoms with Crippen LogP contribution in [0.3, 0.4) is 0 Å². The van der Waals surface area contributed by atoms with Crippen molar-refractivity contribution < 1.29 is 4.79 Å². The lowest BCUT2D eigenvalue weighted by Crippen LogP contribution is -2.56. The van der Waals surface area contributed by atoms with Crippen LogP contribution in [0.15, 0.2) is 66.7 Å². The maximum Gasteiger partial charge on any atom is 0.228 e. The third-order valence-corrected chi connectivity index (χ3v) is 5.41. The van der Waals surface area contributed by atoms with Gasteiger partial charge in [-0.2, -0.15) is 0 Å². The maximum absolute atomic E-state index is 12.7. The van der Waals surface area contributed by atoms with Crippen LogP contribution in [0, 0.1) is 6.92 Å². The van der Waals surface area contributed by atoms with Gasteiger partial charge in [0.1, 0.15) is 6.17 Å². The van der Waals surface area contributed by atoms with Gasteiger partial charge in [0.25, 0.3) is 0 Å². The monoisotopic (exact) mass is 479 g/mol.